The zero-order valence-corrected chi connectivity index (χ0v) is 21.4. The van der Waals surface area contributed by atoms with Gasteiger partial charge in [0.15, 0.2) is 11.5 Å². The summed E-state index contributed by atoms with van der Waals surface area (Å²) in [6.07, 6.45) is 2.25. The van der Waals surface area contributed by atoms with Crippen molar-refractivity contribution in [1.82, 2.24) is 0 Å². The molecule has 0 amide bonds. The molecule has 0 aromatic heterocycles. The van der Waals surface area contributed by atoms with Crippen molar-refractivity contribution in [1.29, 1.82) is 0 Å². The molecule has 1 aliphatic rings. The Morgan fingerprint density at radius 1 is 0.600 bits per heavy atom. The van der Waals surface area contributed by atoms with Crippen LogP contribution in [-0.2, 0) is 33.8 Å². The highest BCUT2D eigenvalue weighted by molar-refractivity contribution is 5.44. The summed E-state index contributed by atoms with van der Waals surface area (Å²) in [7, 11) is 0. The van der Waals surface area contributed by atoms with E-state index in [9.17, 15) is 0 Å². The van der Waals surface area contributed by atoms with Crippen LogP contribution >= 0.6 is 0 Å². The van der Waals surface area contributed by atoms with Crippen LogP contribution in [0.2, 0.25) is 0 Å². The van der Waals surface area contributed by atoms with Gasteiger partial charge in [0, 0.05) is 26.4 Å². The number of hydrogen-bond acceptors (Lipinski definition) is 5. The van der Waals surface area contributed by atoms with Gasteiger partial charge in [-0.15, -0.1) is 0 Å². The molecule has 0 N–H and O–H groups in total. The standard InChI is InChI=1S/C11H16O.C10H12O3.C9H12O/c1-2-12-10-6-9-11-7-4-3-5-8-11;1-2-11-6-8-3-4-9-10(5-8)13-7-12-9;1-2-10-8-9-6-4-3-5-7-9/h3-5,7-8H,2,6,9-10H2,1H3;3-5H,2,6-7H2,1H3;3-7H,2,8H2,1H3. The van der Waals surface area contributed by atoms with Crippen LogP contribution in [0.5, 0.6) is 11.5 Å². The van der Waals surface area contributed by atoms with Crippen molar-refractivity contribution in [3.05, 3.63) is 95.6 Å². The lowest BCUT2D eigenvalue weighted by molar-refractivity contribution is 0.134. The van der Waals surface area contributed by atoms with Crippen LogP contribution in [-0.4, -0.2) is 33.2 Å². The summed E-state index contributed by atoms with van der Waals surface area (Å²) in [4.78, 5) is 0. The maximum Gasteiger partial charge on any atom is 0.231 e. The Morgan fingerprint density at radius 2 is 1.17 bits per heavy atom. The van der Waals surface area contributed by atoms with E-state index >= 15 is 0 Å². The smallest absolute Gasteiger partial charge is 0.231 e. The second kappa shape index (κ2) is 18.5. The van der Waals surface area contributed by atoms with Crippen molar-refractivity contribution in [2.24, 2.45) is 0 Å². The van der Waals surface area contributed by atoms with E-state index in [2.05, 4.69) is 36.4 Å². The summed E-state index contributed by atoms with van der Waals surface area (Å²) in [6, 6.07) is 26.6. The van der Waals surface area contributed by atoms with Gasteiger partial charge < -0.3 is 23.7 Å². The van der Waals surface area contributed by atoms with Crippen molar-refractivity contribution in [3.63, 3.8) is 0 Å². The summed E-state index contributed by atoms with van der Waals surface area (Å²) in [5.41, 5.74) is 3.76. The van der Waals surface area contributed by atoms with E-state index in [1.54, 1.807) is 0 Å². The Kier molecular flexibility index (Phi) is 15.0. The Bertz CT molecular complexity index is 899. The lowest BCUT2D eigenvalue weighted by Crippen LogP contribution is -1.95. The van der Waals surface area contributed by atoms with Crippen molar-refractivity contribution in [2.75, 3.05) is 33.2 Å². The van der Waals surface area contributed by atoms with Crippen LogP contribution in [0.3, 0.4) is 0 Å². The van der Waals surface area contributed by atoms with Crippen molar-refractivity contribution in [3.8, 4) is 11.5 Å². The SMILES string of the molecule is CCOCCCc1ccccc1.CCOCc1ccc2c(c1)OCO2.CCOCc1ccccc1. The average Bonchev–Trinajstić information content (AvgIpc) is 3.39. The second-order valence-corrected chi connectivity index (χ2v) is 7.73. The number of hydrogen-bond donors (Lipinski definition) is 0. The molecule has 1 aliphatic heterocycles. The average molecular weight is 481 g/mol. The third-order valence-electron chi connectivity index (χ3n) is 5.03. The van der Waals surface area contributed by atoms with Gasteiger partial charge in [-0.05, 0) is 62.4 Å². The Balaban J connectivity index is 0.000000187. The van der Waals surface area contributed by atoms with Crippen LogP contribution < -0.4 is 9.47 Å². The van der Waals surface area contributed by atoms with E-state index in [4.69, 9.17) is 23.7 Å². The molecule has 190 valence electrons. The predicted molar refractivity (Wildman–Crippen MR) is 141 cm³/mol. The van der Waals surface area contributed by atoms with E-state index in [1.165, 1.54) is 11.1 Å². The molecule has 1 heterocycles. The summed E-state index contributed by atoms with van der Waals surface area (Å²) < 4.78 is 26.2. The second-order valence-electron chi connectivity index (χ2n) is 7.73. The van der Waals surface area contributed by atoms with Crippen LogP contribution in [0, 0.1) is 0 Å². The fraction of sp³-hybridized carbons (Fsp3) is 0.400. The number of ether oxygens (including phenoxy) is 5. The zero-order chi connectivity index (χ0) is 25.0. The number of aryl methyl sites for hydroxylation is 1. The molecule has 3 aromatic carbocycles. The Labute approximate surface area is 210 Å². The van der Waals surface area contributed by atoms with Crippen LogP contribution in [0.15, 0.2) is 78.9 Å². The normalized spacial score (nSPS) is 11.2. The van der Waals surface area contributed by atoms with Gasteiger partial charge in [-0.2, -0.15) is 0 Å². The molecule has 0 radical (unpaired) electrons. The molecule has 0 bridgehead atoms. The topological polar surface area (TPSA) is 46.2 Å². The first-order chi connectivity index (χ1) is 17.3. The minimum atomic E-state index is 0.327. The minimum Gasteiger partial charge on any atom is -0.454 e. The molecule has 0 spiro atoms. The van der Waals surface area contributed by atoms with E-state index in [0.717, 1.165) is 62.9 Å². The third kappa shape index (κ3) is 12.4. The van der Waals surface area contributed by atoms with E-state index in [0.29, 0.717) is 13.4 Å². The predicted octanol–water partition coefficient (Wildman–Crippen LogP) is 6.83. The summed E-state index contributed by atoms with van der Waals surface area (Å²) >= 11 is 0. The highest BCUT2D eigenvalue weighted by atomic mass is 16.7. The van der Waals surface area contributed by atoms with Gasteiger partial charge in [-0.3, -0.25) is 0 Å². The van der Waals surface area contributed by atoms with E-state index < -0.39 is 0 Å². The minimum absolute atomic E-state index is 0.327. The number of benzene rings is 3. The van der Waals surface area contributed by atoms with Crippen molar-refractivity contribution in [2.45, 2.75) is 46.8 Å². The number of fused-ring (bicyclic) bond motifs is 1. The molecule has 0 fully saturated rings. The lowest BCUT2D eigenvalue weighted by Gasteiger charge is -2.02. The van der Waals surface area contributed by atoms with Gasteiger partial charge in [-0.25, -0.2) is 0 Å². The molecule has 0 atom stereocenters. The molecule has 0 saturated heterocycles. The third-order valence-corrected chi connectivity index (χ3v) is 5.03. The fourth-order valence-electron chi connectivity index (χ4n) is 3.21. The summed E-state index contributed by atoms with van der Waals surface area (Å²) in [6.45, 7) is 10.9. The van der Waals surface area contributed by atoms with E-state index in [1.807, 2.05) is 63.2 Å². The molecular formula is C30H40O5. The molecule has 0 saturated carbocycles. The van der Waals surface area contributed by atoms with Crippen LogP contribution in [0.25, 0.3) is 0 Å². The maximum atomic E-state index is 5.28. The quantitative estimate of drug-likeness (QED) is 0.282. The van der Waals surface area contributed by atoms with Gasteiger partial charge in [0.05, 0.1) is 13.2 Å². The van der Waals surface area contributed by atoms with Gasteiger partial charge in [-0.1, -0.05) is 66.7 Å². The first-order valence-corrected chi connectivity index (χ1v) is 12.5. The van der Waals surface area contributed by atoms with Crippen LogP contribution in [0.4, 0.5) is 0 Å². The van der Waals surface area contributed by atoms with Crippen molar-refractivity contribution < 1.29 is 23.7 Å². The van der Waals surface area contributed by atoms with E-state index in [-0.39, 0.29) is 0 Å². The molecular weight excluding hydrogens is 440 g/mol. The molecule has 35 heavy (non-hydrogen) atoms. The maximum absolute atomic E-state index is 5.28. The van der Waals surface area contributed by atoms with Gasteiger partial charge >= 0.3 is 0 Å². The first-order valence-electron chi connectivity index (χ1n) is 12.5. The van der Waals surface area contributed by atoms with Crippen molar-refractivity contribution >= 4 is 0 Å². The zero-order valence-electron chi connectivity index (χ0n) is 21.4. The monoisotopic (exact) mass is 480 g/mol. The molecule has 0 aliphatic carbocycles. The Hall–Kier alpha value is -2.86. The molecule has 5 nitrogen and oxygen atoms in total. The first kappa shape index (κ1) is 28.4. The lowest BCUT2D eigenvalue weighted by atomic mass is 10.1. The van der Waals surface area contributed by atoms with Gasteiger partial charge in [0.2, 0.25) is 6.79 Å². The number of rotatable bonds is 11. The largest absolute Gasteiger partial charge is 0.454 e. The fourth-order valence-corrected chi connectivity index (χ4v) is 3.21. The highest BCUT2D eigenvalue weighted by Gasteiger charge is 2.12. The Morgan fingerprint density at radius 3 is 1.80 bits per heavy atom. The molecule has 0 unspecified atom stereocenters. The summed E-state index contributed by atoms with van der Waals surface area (Å²) in [5.74, 6) is 1.64. The summed E-state index contributed by atoms with van der Waals surface area (Å²) in [5, 5.41) is 0. The molecule has 3 aromatic rings. The molecule has 4 rings (SSSR count). The van der Waals surface area contributed by atoms with Gasteiger partial charge in [0.1, 0.15) is 0 Å². The highest BCUT2D eigenvalue weighted by Crippen LogP contribution is 2.32. The van der Waals surface area contributed by atoms with Crippen LogP contribution in [0.1, 0.15) is 43.9 Å². The van der Waals surface area contributed by atoms with Gasteiger partial charge in [0.25, 0.3) is 0 Å². The molecule has 5 heteroatoms.